The summed E-state index contributed by atoms with van der Waals surface area (Å²) in [7, 11) is 0. The summed E-state index contributed by atoms with van der Waals surface area (Å²) in [5.41, 5.74) is 3.51. The smallest absolute Gasteiger partial charge is 0.162 e. The molecule has 0 aromatic carbocycles. The molecule has 0 aliphatic heterocycles. The van der Waals surface area contributed by atoms with Crippen molar-refractivity contribution in [2.24, 2.45) is 5.92 Å². The fourth-order valence-corrected chi connectivity index (χ4v) is 2.83. The van der Waals surface area contributed by atoms with Crippen molar-refractivity contribution >= 4 is 17.2 Å². The Bertz CT molecular complexity index is 546. The zero-order chi connectivity index (χ0) is 13.8. The largest absolute Gasteiger partial charge is 0.370 e. The van der Waals surface area contributed by atoms with Gasteiger partial charge in [0.2, 0.25) is 0 Å². The second kappa shape index (κ2) is 6.15. The Hall–Kier alpha value is -1.42. The summed E-state index contributed by atoms with van der Waals surface area (Å²) in [5.74, 6) is 2.36. The molecule has 0 bridgehead atoms. The lowest BCUT2D eigenvalue weighted by atomic mass is 10.1. The number of nitrogens with zero attached hydrogens (tertiary/aromatic N) is 2. The molecule has 0 fully saturated rings. The number of nitrogens with one attached hydrogen (secondary N) is 1. The van der Waals surface area contributed by atoms with E-state index in [1.165, 1.54) is 5.56 Å². The molecule has 0 spiro atoms. The Morgan fingerprint density at radius 3 is 2.63 bits per heavy atom. The Morgan fingerprint density at radius 1 is 1.26 bits per heavy atom. The van der Waals surface area contributed by atoms with Crippen LogP contribution in [0.3, 0.4) is 0 Å². The molecule has 2 aromatic rings. The van der Waals surface area contributed by atoms with Crippen LogP contribution in [0.5, 0.6) is 0 Å². The normalized spacial score (nSPS) is 11.0. The first kappa shape index (κ1) is 14.0. The molecule has 102 valence electrons. The summed E-state index contributed by atoms with van der Waals surface area (Å²) in [6.07, 6.45) is 0.983. The summed E-state index contributed by atoms with van der Waals surface area (Å²) in [5, 5.41) is 7.56. The molecule has 0 aliphatic rings. The molecule has 2 aromatic heterocycles. The Labute approximate surface area is 119 Å². The SMILES string of the molecule is CCNc1cc(CC(C)C)nc(-c2cscc2C)n1. The Morgan fingerprint density at radius 2 is 2.05 bits per heavy atom. The number of anilines is 1. The van der Waals surface area contributed by atoms with Gasteiger partial charge < -0.3 is 5.32 Å². The molecule has 1 N–H and O–H groups in total. The Balaban J connectivity index is 2.42. The number of thiophene rings is 1. The molecule has 2 heterocycles. The van der Waals surface area contributed by atoms with Gasteiger partial charge in [0.1, 0.15) is 5.82 Å². The maximum Gasteiger partial charge on any atom is 0.162 e. The molecule has 0 saturated heterocycles. The molecule has 0 radical (unpaired) electrons. The molecule has 0 amide bonds. The Kier molecular flexibility index (Phi) is 4.53. The van der Waals surface area contributed by atoms with Crippen molar-refractivity contribution in [1.29, 1.82) is 0 Å². The highest BCUT2D eigenvalue weighted by atomic mass is 32.1. The molecular formula is C15H21N3S. The zero-order valence-corrected chi connectivity index (χ0v) is 12.8. The van der Waals surface area contributed by atoms with Gasteiger partial charge in [-0.1, -0.05) is 13.8 Å². The van der Waals surface area contributed by atoms with Gasteiger partial charge in [-0.25, -0.2) is 9.97 Å². The topological polar surface area (TPSA) is 37.8 Å². The van der Waals surface area contributed by atoms with Crippen molar-refractivity contribution in [3.05, 3.63) is 28.1 Å². The second-order valence-electron chi connectivity index (χ2n) is 5.16. The quantitative estimate of drug-likeness (QED) is 0.891. The number of aryl methyl sites for hydroxylation is 1. The second-order valence-corrected chi connectivity index (χ2v) is 5.91. The highest BCUT2D eigenvalue weighted by Gasteiger charge is 2.10. The molecule has 19 heavy (non-hydrogen) atoms. The van der Waals surface area contributed by atoms with Gasteiger partial charge in [-0.15, -0.1) is 0 Å². The van der Waals surface area contributed by atoms with E-state index in [0.717, 1.165) is 35.9 Å². The lowest BCUT2D eigenvalue weighted by Gasteiger charge is -2.10. The highest BCUT2D eigenvalue weighted by molar-refractivity contribution is 7.08. The lowest BCUT2D eigenvalue weighted by Crippen LogP contribution is -2.06. The van der Waals surface area contributed by atoms with Gasteiger partial charge in [-0.2, -0.15) is 11.3 Å². The van der Waals surface area contributed by atoms with E-state index in [2.05, 4.69) is 54.8 Å². The summed E-state index contributed by atoms with van der Waals surface area (Å²) in [4.78, 5) is 9.33. The van der Waals surface area contributed by atoms with Crippen LogP contribution in [0, 0.1) is 12.8 Å². The van der Waals surface area contributed by atoms with Crippen LogP contribution >= 0.6 is 11.3 Å². The molecule has 4 heteroatoms. The van der Waals surface area contributed by atoms with Gasteiger partial charge in [0.25, 0.3) is 0 Å². The predicted octanol–water partition coefficient (Wildman–Crippen LogP) is 4.14. The first-order valence-electron chi connectivity index (χ1n) is 6.75. The van der Waals surface area contributed by atoms with E-state index in [4.69, 9.17) is 4.98 Å². The zero-order valence-electron chi connectivity index (χ0n) is 12.0. The first-order chi connectivity index (χ1) is 9.10. The van der Waals surface area contributed by atoms with Crippen LogP contribution in [-0.2, 0) is 6.42 Å². The van der Waals surface area contributed by atoms with Crippen LogP contribution in [0.25, 0.3) is 11.4 Å². The van der Waals surface area contributed by atoms with E-state index in [-0.39, 0.29) is 0 Å². The average molecular weight is 275 g/mol. The van der Waals surface area contributed by atoms with E-state index < -0.39 is 0 Å². The average Bonchev–Trinajstić information content (AvgIpc) is 2.74. The third-order valence-electron chi connectivity index (χ3n) is 2.85. The van der Waals surface area contributed by atoms with E-state index in [1.807, 2.05) is 0 Å². The van der Waals surface area contributed by atoms with Gasteiger partial charge in [-0.3, -0.25) is 0 Å². The molecule has 0 aliphatic carbocycles. The van der Waals surface area contributed by atoms with Crippen LogP contribution in [-0.4, -0.2) is 16.5 Å². The summed E-state index contributed by atoms with van der Waals surface area (Å²) in [6.45, 7) is 9.49. The maximum absolute atomic E-state index is 4.71. The van der Waals surface area contributed by atoms with Crippen LogP contribution in [0.4, 0.5) is 5.82 Å². The van der Waals surface area contributed by atoms with E-state index in [9.17, 15) is 0 Å². The third kappa shape index (κ3) is 3.53. The van der Waals surface area contributed by atoms with Gasteiger partial charge in [0.15, 0.2) is 5.82 Å². The van der Waals surface area contributed by atoms with Crippen LogP contribution in [0.2, 0.25) is 0 Å². The fraction of sp³-hybridized carbons (Fsp3) is 0.467. The van der Waals surface area contributed by atoms with Crippen molar-refractivity contribution in [3.8, 4) is 11.4 Å². The van der Waals surface area contributed by atoms with Crippen LogP contribution in [0.15, 0.2) is 16.8 Å². The van der Waals surface area contributed by atoms with Gasteiger partial charge in [0.05, 0.1) is 0 Å². The summed E-state index contributed by atoms with van der Waals surface area (Å²) >= 11 is 1.70. The molecule has 0 unspecified atom stereocenters. The highest BCUT2D eigenvalue weighted by Crippen LogP contribution is 2.25. The number of hydrogen-bond donors (Lipinski definition) is 1. The van der Waals surface area contributed by atoms with Crippen LogP contribution in [0.1, 0.15) is 32.0 Å². The summed E-state index contributed by atoms with van der Waals surface area (Å²) < 4.78 is 0. The van der Waals surface area contributed by atoms with Gasteiger partial charge >= 0.3 is 0 Å². The first-order valence-corrected chi connectivity index (χ1v) is 7.69. The number of aromatic nitrogens is 2. The maximum atomic E-state index is 4.71. The number of rotatable bonds is 5. The fourth-order valence-electron chi connectivity index (χ4n) is 2.00. The van der Waals surface area contributed by atoms with Crippen molar-refractivity contribution < 1.29 is 0 Å². The minimum absolute atomic E-state index is 0.598. The lowest BCUT2D eigenvalue weighted by molar-refractivity contribution is 0.635. The van der Waals surface area contributed by atoms with E-state index in [1.54, 1.807) is 11.3 Å². The van der Waals surface area contributed by atoms with Gasteiger partial charge in [-0.05, 0) is 37.1 Å². The van der Waals surface area contributed by atoms with E-state index in [0.29, 0.717) is 5.92 Å². The third-order valence-corrected chi connectivity index (χ3v) is 3.71. The standard InChI is InChI=1S/C15H21N3S/c1-5-16-14-7-12(6-10(2)3)17-15(18-14)13-9-19-8-11(13)4/h7-10H,5-6H2,1-4H3,(H,16,17,18). The molecule has 0 saturated carbocycles. The number of hydrogen-bond acceptors (Lipinski definition) is 4. The van der Waals surface area contributed by atoms with Crippen LogP contribution < -0.4 is 5.32 Å². The summed E-state index contributed by atoms with van der Waals surface area (Å²) in [6, 6.07) is 2.06. The monoisotopic (exact) mass is 275 g/mol. The molecule has 3 nitrogen and oxygen atoms in total. The van der Waals surface area contributed by atoms with Crippen molar-refractivity contribution in [1.82, 2.24) is 9.97 Å². The van der Waals surface area contributed by atoms with Crippen molar-refractivity contribution in [2.45, 2.75) is 34.1 Å². The van der Waals surface area contributed by atoms with Gasteiger partial charge in [0, 0.05) is 29.2 Å². The van der Waals surface area contributed by atoms with Crippen molar-refractivity contribution in [3.63, 3.8) is 0 Å². The minimum atomic E-state index is 0.598. The van der Waals surface area contributed by atoms with Crippen molar-refractivity contribution in [2.75, 3.05) is 11.9 Å². The molecule has 2 rings (SSSR count). The molecule has 0 atom stereocenters. The predicted molar refractivity (Wildman–Crippen MR) is 82.8 cm³/mol. The van der Waals surface area contributed by atoms with E-state index >= 15 is 0 Å². The minimum Gasteiger partial charge on any atom is -0.370 e. The molecular weight excluding hydrogens is 254 g/mol.